The molecule has 0 bridgehead atoms. The number of methoxy groups -OCH3 is 1. The number of rotatable bonds is 5. The van der Waals surface area contributed by atoms with Crippen LogP contribution in [0.4, 0.5) is 0 Å². The molecule has 0 atom stereocenters. The van der Waals surface area contributed by atoms with Crippen LogP contribution >= 0.6 is 22.9 Å². The predicted molar refractivity (Wildman–Crippen MR) is 96.6 cm³/mol. The third kappa shape index (κ3) is 3.98. The van der Waals surface area contributed by atoms with Crippen LogP contribution in [0.5, 0.6) is 11.5 Å². The van der Waals surface area contributed by atoms with Gasteiger partial charge in [0.2, 0.25) is 0 Å². The predicted octanol–water partition coefficient (Wildman–Crippen LogP) is 3.27. The van der Waals surface area contributed by atoms with Gasteiger partial charge in [0.15, 0.2) is 17.2 Å². The number of ether oxygens (including phenoxy) is 1. The molecule has 0 aliphatic carbocycles. The first-order chi connectivity index (χ1) is 12.1. The number of hydrogen-bond donors (Lipinski definition) is 3. The van der Waals surface area contributed by atoms with Crippen LogP contribution in [0, 0.1) is 0 Å². The first-order valence-corrected chi connectivity index (χ1v) is 8.28. The Balaban J connectivity index is 1.66. The van der Waals surface area contributed by atoms with E-state index in [-0.39, 0.29) is 11.4 Å². The minimum absolute atomic E-state index is 0.0291. The number of benzene rings is 1. The maximum atomic E-state index is 12.1. The van der Waals surface area contributed by atoms with E-state index in [1.807, 2.05) is 6.07 Å². The van der Waals surface area contributed by atoms with E-state index in [1.54, 1.807) is 24.3 Å². The van der Waals surface area contributed by atoms with Gasteiger partial charge in [0.25, 0.3) is 5.91 Å². The zero-order valence-electron chi connectivity index (χ0n) is 13.0. The molecule has 3 N–H and O–H groups in total. The second-order valence-corrected chi connectivity index (χ2v) is 6.62. The van der Waals surface area contributed by atoms with Crippen molar-refractivity contribution in [2.45, 2.75) is 0 Å². The summed E-state index contributed by atoms with van der Waals surface area (Å²) in [6.07, 6.45) is 1.44. The molecule has 0 spiro atoms. The van der Waals surface area contributed by atoms with E-state index < -0.39 is 5.91 Å². The Labute approximate surface area is 151 Å². The van der Waals surface area contributed by atoms with Gasteiger partial charge in [-0.05, 0) is 42.0 Å². The minimum atomic E-state index is -0.452. The zero-order valence-corrected chi connectivity index (χ0v) is 14.6. The smallest absolute Gasteiger partial charge is 0.291 e. The largest absolute Gasteiger partial charge is 0.504 e. The number of carbonyl (C=O) groups is 1. The van der Waals surface area contributed by atoms with Crippen molar-refractivity contribution in [3.63, 3.8) is 0 Å². The highest BCUT2D eigenvalue weighted by atomic mass is 35.5. The normalized spacial score (nSPS) is 11.0. The fraction of sp³-hybridized carbons (Fsp3) is 0.0625. The molecule has 0 unspecified atom stereocenters. The average Bonchev–Trinajstić information content (AvgIpc) is 3.25. The van der Waals surface area contributed by atoms with Crippen LogP contribution in [0.25, 0.3) is 10.6 Å². The van der Waals surface area contributed by atoms with Crippen LogP contribution in [0.15, 0.2) is 41.5 Å². The maximum absolute atomic E-state index is 12.1. The van der Waals surface area contributed by atoms with Gasteiger partial charge in [0.1, 0.15) is 0 Å². The van der Waals surface area contributed by atoms with E-state index in [1.165, 1.54) is 30.7 Å². The molecule has 1 aromatic carbocycles. The third-order valence-electron chi connectivity index (χ3n) is 3.23. The van der Waals surface area contributed by atoms with Gasteiger partial charge in [-0.3, -0.25) is 9.89 Å². The van der Waals surface area contributed by atoms with Gasteiger partial charge in [-0.25, -0.2) is 5.43 Å². The highest BCUT2D eigenvalue weighted by Crippen LogP contribution is 2.30. The molecule has 2 aromatic heterocycles. The van der Waals surface area contributed by atoms with Crippen molar-refractivity contribution in [1.82, 2.24) is 15.6 Å². The lowest BCUT2D eigenvalue weighted by molar-refractivity contribution is 0.0950. The summed E-state index contributed by atoms with van der Waals surface area (Å²) in [5.74, 6) is -0.101. The number of thiophene rings is 1. The second-order valence-electron chi connectivity index (χ2n) is 4.90. The molecular weight excluding hydrogens is 364 g/mol. The molecule has 2 heterocycles. The number of aromatic amines is 1. The van der Waals surface area contributed by atoms with Crippen molar-refractivity contribution >= 4 is 35.1 Å². The Morgan fingerprint density at radius 1 is 1.40 bits per heavy atom. The summed E-state index contributed by atoms with van der Waals surface area (Å²) in [6.45, 7) is 0. The van der Waals surface area contributed by atoms with Gasteiger partial charge >= 0.3 is 0 Å². The number of aromatic hydroxyl groups is 1. The Morgan fingerprint density at radius 3 is 2.96 bits per heavy atom. The molecule has 1 amide bonds. The summed E-state index contributed by atoms with van der Waals surface area (Å²) in [7, 11) is 1.45. The monoisotopic (exact) mass is 376 g/mol. The molecule has 0 radical (unpaired) electrons. The number of nitrogens with zero attached hydrogens (tertiary/aromatic N) is 2. The molecular formula is C16H13ClN4O3S. The van der Waals surface area contributed by atoms with Gasteiger partial charge in [-0.1, -0.05) is 11.6 Å². The van der Waals surface area contributed by atoms with Gasteiger partial charge in [-0.2, -0.15) is 10.2 Å². The lowest BCUT2D eigenvalue weighted by atomic mass is 10.2. The van der Waals surface area contributed by atoms with E-state index in [0.717, 1.165) is 4.88 Å². The first-order valence-electron chi connectivity index (χ1n) is 7.08. The first kappa shape index (κ1) is 17.0. The number of halogens is 1. The molecule has 0 fully saturated rings. The summed E-state index contributed by atoms with van der Waals surface area (Å²) < 4.78 is 5.66. The summed E-state index contributed by atoms with van der Waals surface area (Å²) in [5.41, 5.74) is 3.96. The topological polar surface area (TPSA) is 99.6 Å². The Bertz CT molecular complexity index is 935. The molecule has 25 heavy (non-hydrogen) atoms. The minimum Gasteiger partial charge on any atom is -0.504 e. The molecule has 0 saturated carbocycles. The van der Waals surface area contributed by atoms with E-state index >= 15 is 0 Å². The number of hydrogen-bond acceptors (Lipinski definition) is 6. The van der Waals surface area contributed by atoms with Crippen LogP contribution in [-0.2, 0) is 0 Å². The number of phenols is 1. The van der Waals surface area contributed by atoms with Crippen molar-refractivity contribution in [2.24, 2.45) is 5.10 Å². The molecule has 0 aliphatic rings. The van der Waals surface area contributed by atoms with Gasteiger partial charge < -0.3 is 9.84 Å². The Morgan fingerprint density at radius 2 is 2.24 bits per heavy atom. The standard InChI is InChI=1S/C16H13ClN4O3S/c1-24-13-6-9(2-3-12(13)22)8-18-21-16(23)11-7-10(19-20-11)14-4-5-15(17)25-14/h2-8,22H,1H3,(H,19,20)(H,21,23)/b18-8-. The van der Waals surface area contributed by atoms with E-state index in [9.17, 15) is 9.90 Å². The van der Waals surface area contributed by atoms with Crippen LogP contribution in [0.1, 0.15) is 16.1 Å². The summed E-state index contributed by atoms with van der Waals surface area (Å²) in [4.78, 5) is 13.0. The van der Waals surface area contributed by atoms with E-state index in [2.05, 4.69) is 20.7 Å². The van der Waals surface area contributed by atoms with Gasteiger partial charge in [-0.15, -0.1) is 11.3 Å². The van der Waals surface area contributed by atoms with Crippen LogP contribution < -0.4 is 10.2 Å². The van der Waals surface area contributed by atoms with Crippen molar-refractivity contribution < 1.29 is 14.6 Å². The van der Waals surface area contributed by atoms with Crippen molar-refractivity contribution in [2.75, 3.05) is 7.11 Å². The third-order valence-corrected chi connectivity index (χ3v) is 4.50. The lowest BCUT2D eigenvalue weighted by Crippen LogP contribution is -2.18. The SMILES string of the molecule is COc1cc(/C=N\NC(=O)c2cc(-c3ccc(Cl)s3)[nH]n2)ccc1O. The fourth-order valence-corrected chi connectivity index (χ4v) is 3.03. The fourth-order valence-electron chi connectivity index (χ4n) is 2.02. The second kappa shape index (κ2) is 7.37. The van der Waals surface area contributed by atoms with Crippen molar-refractivity contribution in [3.8, 4) is 22.1 Å². The molecule has 3 aromatic rings. The van der Waals surface area contributed by atoms with Crippen molar-refractivity contribution in [1.29, 1.82) is 0 Å². The average molecular weight is 377 g/mol. The highest BCUT2D eigenvalue weighted by molar-refractivity contribution is 7.19. The molecule has 128 valence electrons. The molecule has 3 rings (SSSR count). The van der Waals surface area contributed by atoms with Crippen LogP contribution in [0.3, 0.4) is 0 Å². The Hall–Kier alpha value is -2.84. The number of phenolic OH excluding ortho intramolecular Hbond substituents is 1. The molecule has 7 nitrogen and oxygen atoms in total. The molecule has 0 aliphatic heterocycles. The number of amides is 1. The summed E-state index contributed by atoms with van der Waals surface area (Å²) in [5, 5.41) is 20.2. The van der Waals surface area contributed by atoms with Crippen LogP contribution in [0.2, 0.25) is 4.34 Å². The molecule has 9 heteroatoms. The summed E-state index contributed by atoms with van der Waals surface area (Å²) in [6, 6.07) is 9.96. The molecule has 0 saturated heterocycles. The summed E-state index contributed by atoms with van der Waals surface area (Å²) >= 11 is 7.29. The number of nitrogens with one attached hydrogen (secondary N) is 2. The Kier molecular flexibility index (Phi) is 5.01. The highest BCUT2D eigenvalue weighted by Gasteiger charge is 2.12. The van der Waals surface area contributed by atoms with E-state index in [4.69, 9.17) is 16.3 Å². The van der Waals surface area contributed by atoms with Crippen LogP contribution in [-0.4, -0.2) is 34.5 Å². The van der Waals surface area contributed by atoms with Gasteiger partial charge in [0, 0.05) is 0 Å². The maximum Gasteiger partial charge on any atom is 0.291 e. The number of H-pyrrole nitrogens is 1. The zero-order chi connectivity index (χ0) is 17.8. The lowest BCUT2D eigenvalue weighted by Gasteiger charge is -2.03. The van der Waals surface area contributed by atoms with E-state index in [0.29, 0.717) is 21.3 Å². The number of hydrazone groups is 1. The van der Waals surface area contributed by atoms with Gasteiger partial charge in [0.05, 0.1) is 28.2 Å². The number of carbonyl (C=O) groups excluding carboxylic acids is 1. The quantitative estimate of drug-likeness (QED) is 0.470. The number of aromatic nitrogens is 2. The van der Waals surface area contributed by atoms with Crippen molar-refractivity contribution in [3.05, 3.63) is 52.0 Å².